The summed E-state index contributed by atoms with van der Waals surface area (Å²) in [6.45, 7) is 6.16. The average molecular weight is 274 g/mol. The van der Waals surface area contributed by atoms with E-state index in [0.717, 1.165) is 5.92 Å². The summed E-state index contributed by atoms with van der Waals surface area (Å²) in [7, 11) is 0. The van der Waals surface area contributed by atoms with E-state index in [9.17, 15) is 0 Å². The molecule has 0 aromatic carbocycles. The van der Waals surface area contributed by atoms with Crippen molar-refractivity contribution in [1.82, 2.24) is 19.8 Å². The highest BCUT2D eigenvalue weighted by Crippen LogP contribution is 2.37. The highest BCUT2D eigenvalue weighted by atomic mass is 15.2. The summed E-state index contributed by atoms with van der Waals surface area (Å²) >= 11 is 0. The largest absolute Gasteiger partial charge is 0.328 e. The van der Waals surface area contributed by atoms with E-state index in [4.69, 9.17) is 0 Å². The molecule has 4 heteroatoms. The van der Waals surface area contributed by atoms with Crippen LogP contribution in [0.3, 0.4) is 0 Å². The maximum atomic E-state index is 4.49. The zero-order valence-electron chi connectivity index (χ0n) is 12.5. The summed E-state index contributed by atoms with van der Waals surface area (Å²) in [5.41, 5.74) is 1.43. The summed E-state index contributed by atoms with van der Waals surface area (Å²) in [5, 5.41) is 3.77. The number of nitrogens with one attached hydrogen (secondary N) is 1. The van der Waals surface area contributed by atoms with E-state index < -0.39 is 0 Å². The Bertz CT molecular complexity index is 461. The molecule has 3 atom stereocenters. The summed E-state index contributed by atoms with van der Waals surface area (Å²) in [4.78, 5) is 7.12. The fraction of sp³-hybridized carbons (Fsp3) is 0.812. The van der Waals surface area contributed by atoms with Crippen LogP contribution in [0.25, 0.3) is 0 Å². The fourth-order valence-electron chi connectivity index (χ4n) is 4.48. The Balaban J connectivity index is 1.58. The predicted molar refractivity (Wildman–Crippen MR) is 79.6 cm³/mol. The molecule has 4 fully saturated rings. The molecule has 1 aromatic rings. The second kappa shape index (κ2) is 5.15. The Labute approximate surface area is 121 Å². The SMILES string of the molecule is CC1CCCC(c2cncn2C2CN3CCC2CC3)N1. The molecule has 1 aromatic heterocycles. The molecule has 1 N–H and O–H groups in total. The first-order valence-electron chi connectivity index (χ1n) is 8.31. The molecule has 0 aliphatic carbocycles. The van der Waals surface area contributed by atoms with E-state index in [-0.39, 0.29) is 0 Å². The summed E-state index contributed by atoms with van der Waals surface area (Å²) < 4.78 is 2.51. The molecule has 5 rings (SSSR count). The molecule has 0 radical (unpaired) electrons. The van der Waals surface area contributed by atoms with Gasteiger partial charge in [0, 0.05) is 24.8 Å². The van der Waals surface area contributed by atoms with Gasteiger partial charge < -0.3 is 14.8 Å². The molecule has 4 aliphatic heterocycles. The van der Waals surface area contributed by atoms with Gasteiger partial charge >= 0.3 is 0 Å². The van der Waals surface area contributed by atoms with Crippen LogP contribution >= 0.6 is 0 Å². The smallest absolute Gasteiger partial charge is 0.0951 e. The van der Waals surface area contributed by atoms with Crippen LogP contribution in [0.2, 0.25) is 0 Å². The average Bonchev–Trinajstić information content (AvgIpc) is 2.98. The molecular weight excluding hydrogens is 248 g/mol. The third-order valence-corrected chi connectivity index (χ3v) is 5.65. The molecule has 2 bridgehead atoms. The van der Waals surface area contributed by atoms with Gasteiger partial charge in [-0.15, -0.1) is 0 Å². The normalized spacial score (nSPS) is 41.0. The molecule has 110 valence electrons. The van der Waals surface area contributed by atoms with Gasteiger partial charge in [-0.05, 0) is 58.0 Å². The summed E-state index contributed by atoms with van der Waals surface area (Å²) in [5.74, 6) is 0.869. The fourth-order valence-corrected chi connectivity index (χ4v) is 4.48. The van der Waals surface area contributed by atoms with Crippen LogP contribution in [0.15, 0.2) is 12.5 Å². The second-order valence-corrected chi connectivity index (χ2v) is 6.98. The lowest BCUT2D eigenvalue weighted by Gasteiger charge is -2.46. The highest BCUT2D eigenvalue weighted by Gasteiger charge is 2.36. The monoisotopic (exact) mass is 274 g/mol. The maximum absolute atomic E-state index is 4.49. The van der Waals surface area contributed by atoms with E-state index in [1.807, 2.05) is 0 Å². The van der Waals surface area contributed by atoms with Crippen LogP contribution in [-0.2, 0) is 0 Å². The number of rotatable bonds is 2. The standard InChI is InChI=1S/C16H26N4/c1-12-3-2-4-14(18-12)15-9-17-11-20(15)16-10-19-7-5-13(16)6-8-19/h9,11-14,16,18H,2-8,10H2,1H3. The Kier molecular flexibility index (Phi) is 3.31. The second-order valence-electron chi connectivity index (χ2n) is 6.98. The third kappa shape index (κ3) is 2.19. The van der Waals surface area contributed by atoms with E-state index >= 15 is 0 Å². The van der Waals surface area contributed by atoms with Crippen molar-refractivity contribution < 1.29 is 0 Å². The van der Waals surface area contributed by atoms with Gasteiger partial charge in [-0.3, -0.25) is 0 Å². The lowest BCUT2D eigenvalue weighted by molar-refractivity contribution is 0.0546. The quantitative estimate of drug-likeness (QED) is 0.898. The predicted octanol–water partition coefficient (Wildman–Crippen LogP) is 2.35. The van der Waals surface area contributed by atoms with Crippen LogP contribution in [0.5, 0.6) is 0 Å². The van der Waals surface area contributed by atoms with E-state index in [0.29, 0.717) is 18.1 Å². The number of aromatic nitrogens is 2. The molecule has 4 saturated heterocycles. The van der Waals surface area contributed by atoms with Gasteiger partial charge in [-0.1, -0.05) is 0 Å². The molecular formula is C16H26N4. The zero-order chi connectivity index (χ0) is 13.5. The molecule has 3 unspecified atom stereocenters. The lowest BCUT2D eigenvalue weighted by atomic mass is 9.83. The van der Waals surface area contributed by atoms with Crippen LogP contribution in [0.4, 0.5) is 0 Å². The molecule has 0 amide bonds. The van der Waals surface area contributed by atoms with Gasteiger partial charge in [0.1, 0.15) is 0 Å². The maximum Gasteiger partial charge on any atom is 0.0951 e. The minimum atomic E-state index is 0.511. The topological polar surface area (TPSA) is 33.1 Å². The molecule has 0 saturated carbocycles. The first-order chi connectivity index (χ1) is 9.81. The van der Waals surface area contributed by atoms with Crippen molar-refractivity contribution in [3.8, 4) is 0 Å². The van der Waals surface area contributed by atoms with Gasteiger partial charge in [0.2, 0.25) is 0 Å². The van der Waals surface area contributed by atoms with E-state index in [1.54, 1.807) is 0 Å². The van der Waals surface area contributed by atoms with Crippen LogP contribution in [0.1, 0.15) is 56.8 Å². The van der Waals surface area contributed by atoms with Gasteiger partial charge in [0.15, 0.2) is 0 Å². The lowest BCUT2D eigenvalue weighted by Crippen LogP contribution is -2.48. The molecule has 4 aliphatic rings. The zero-order valence-corrected chi connectivity index (χ0v) is 12.5. The van der Waals surface area contributed by atoms with E-state index in [1.165, 1.54) is 57.4 Å². The number of piperidine rings is 4. The van der Waals surface area contributed by atoms with E-state index in [2.05, 4.69) is 39.2 Å². The Hall–Kier alpha value is -0.870. The Morgan fingerprint density at radius 3 is 2.75 bits per heavy atom. The molecule has 20 heavy (non-hydrogen) atoms. The molecule has 0 spiro atoms. The molecule has 5 heterocycles. The summed E-state index contributed by atoms with van der Waals surface area (Å²) in [6.07, 6.45) is 10.8. The van der Waals surface area contributed by atoms with Crippen LogP contribution in [-0.4, -0.2) is 40.1 Å². The van der Waals surface area contributed by atoms with Crippen molar-refractivity contribution in [1.29, 1.82) is 0 Å². The number of hydrogen-bond acceptors (Lipinski definition) is 3. The number of nitrogens with zero attached hydrogens (tertiary/aromatic N) is 3. The van der Waals surface area contributed by atoms with Crippen molar-refractivity contribution in [3.05, 3.63) is 18.2 Å². The first kappa shape index (κ1) is 12.8. The molecule has 4 nitrogen and oxygen atoms in total. The Morgan fingerprint density at radius 2 is 2.05 bits per heavy atom. The van der Waals surface area contributed by atoms with Crippen molar-refractivity contribution in [2.75, 3.05) is 19.6 Å². The third-order valence-electron chi connectivity index (χ3n) is 5.65. The van der Waals surface area contributed by atoms with Crippen molar-refractivity contribution in [2.24, 2.45) is 5.92 Å². The highest BCUT2D eigenvalue weighted by molar-refractivity contribution is 5.10. The van der Waals surface area contributed by atoms with Crippen molar-refractivity contribution in [3.63, 3.8) is 0 Å². The number of fused-ring (bicyclic) bond motifs is 3. The number of imidazole rings is 1. The van der Waals surface area contributed by atoms with Crippen LogP contribution in [0, 0.1) is 5.92 Å². The minimum Gasteiger partial charge on any atom is -0.328 e. The van der Waals surface area contributed by atoms with Crippen LogP contribution < -0.4 is 5.32 Å². The van der Waals surface area contributed by atoms with Crippen molar-refractivity contribution >= 4 is 0 Å². The minimum absolute atomic E-state index is 0.511. The first-order valence-corrected chi connectivity index (χ1v) is 8.31. The number of hydrogen-bond donors (Lipinski definition) is 1. The van der Waals surface area contributed by atoms with Crippen molar-refractivity contribution in [2.45, 2.75) is 57.2 Å². The Morgan fingerprint density at radius 1 is 1.20 bits per heavy atom. The van der Waals surface area contributed by atoms with Gasteiger partial charge in [-0.25, -0.2) is 4.98 Å². The van der Waals surface area contributed by atoms with Gasteiger partial charge in [0.25, 0.3) is 0 Å². The van der Waals surface area contributed by atoms with Gasteiger partial charge in [-0.2, -0.15) is 0 Å². The van der Waals surface area contributed by atoms with Gasteiger partial charge in [0.05, 0.1) is 18.1 Å². The summed E-state index contributed by atoms with van der Waals surface area (Å²) in [6, 6.07) is 1.81.